The van der Waals surface area contributed by atoms with Crippen molar-refractivity contribution < 1.29 is 0 Å². The molecule has 3 rings (SSSR count). The number of halogens is 2. The Hall–Kier alpha value is -1.14. The molecule has 1 fully saturated rings. The summed E-state index contributed by atoms with van der Waals surface area (Å²) < 4.78 is 1.87. The predicted molar refractivity (Wildman–Crippen MR) is 88.2 cm³/mol. The molecule has 1 aliphatic heterocycles. The first-order valence-corrected chi connectivity index (χ1v) is 8.18. The number of hydrogen-bond donors (Lipinski definition) is 0. The monoisotopic (exact) mass is 339 g/mol. The van der Waals surface area contributed by atoms with Gasteiger partial charge < -0.3 is 0 Å². The molecule has 1 aromatic carbocycles. The van der Waals surface area contributed by atoms with E-state index in [0.29, 0.717) is 10.0 Å². The first kappa shape index (κ1) is 15.7. The lowest BCUT2D eigenvalue weighted by Gasteiger charge is -2.34. The Kier molecular flexibility index (Phi) is 5.31. The normalized spacial score (nSPS) is 17.0. The van der Waals surface area contributed by atoms with Crippen LogP contribution in [0.5, 0.6) is 0 Å². The largest absolute Gasteiger partial charge is 0.299 e. The zero-order chi connectivity index (χ0) is 15.4. The van der Waals surface area contributed by atoms with Gasteiger partial charge in [-0.3, -0.25) is 14.5 Å². The molecule has 0 aliphatic carbocycles. The van der Waals surface area contributed by atoms with E-state index in [1.807, 2.05) is 22.9 Å². The van der Waals surface area contributed by atoms with E-state index in [1.165, 1.54) is 0 Å². The minimum atomic E-state index is 0.630. The Labute approximate surface area is 140 Å². The van der Waals surface area contributed by atoms with Crippen molar-refractivity contribution in [1.82, 2.24) is 24.6 Å². The maximum Gasteiger partial charge on any atom is 0.137 e. The van der Waals surface area contributed by atoms with Crippen LogP contribution in [0.1, 0.15) is 5.56 Å². The Morgan fingerprint density at radius 1 is 1.00 bits per heavy atom. The van der Waals surface area contributed by atoms with Gasteiger partial charge in [-0.1, -0.05) is 35.3 Å². The van der Waals surface area contributed by atoms with Crippen molar-refractivity contribution in [3.05, 3.63) is 46.5 Å². The van der Waals surface area contributed by atoms with Gasteiger partial charge in [-0.15, -0.1) is 0 Å². The van der Waals surface area contributed by atoms with Gasteiger partial charge in [0.25, 0.3) is 0 Å². The minimum absolute atomic E-state index is 0.630. The third-order valence-corrected chi connectivity index (χ3v) is 4.86. The molecule has 22 heavy (non-hydrogen) atoms. The number of rotatable bonds is 5. The summed E-state index contributed by atoms with van der Waals surface area (Å²) in [4.78, 5) is 8.84. The first-order valence-electron chi connectivity index (χ1n) is 7.42. The van der Waals surface area contributed by atoms with Crippen LogP contribution in [-0.4, -0.2) is 57.3 Å². The van der Waals surface area contributed by atoms with Gasteiger partial charge in [0.1, 0.15) is 12.7 Å². The fourth-order valence-electron chi connectivity index (χ4n) is 2.67. The molecule has 0 spiro atoms. The van der Waals surface area contributed by atoms with Crippen LogP contribution in [0.2, 0.25) is 10.0 Å². The van der Waals surface area contributed by atoms with Crippen molar-refractivity contribution in [3.63, 3.8) is 0 Å². The summed E-state index contributed by atoms with van der Waals surface area (Å²) in [6.07, 6.45) is 3.34. The van der Waals surface area contributed by atoms with Gasteiger partial charge >= 0.3 is 0 Å². The van der Waals surface area contributed by atoms with Crippen molar-refractivity contribution in [2.75, 3.05) is 32.7 Å². The predicted octanol–water partition coefficient (Wildman–Crippen LogP) is 2.40. The van der Waals surface area contributed by atoms with Crippen LogP contribution in [0.15, 0.2) is 30.9 Å². The molecule has 1 saturated heterocycles. The summed E-state index contributed by atoms with van der Waals surface area (Å²) in [7, 11) is 0. The highest BCUT2D eigenvalue weighted by atomic mass is 35.5. The second kappa shape index (κ2) is 7.42. The van der Waals surface area contributed by atoms with Crippen LogP contribution in [0.25, 0.3) is 0 Å². The van der Waals surface area contributed by atoms with Gasteiger partial charge in [0.2, 0.25) is 0 Å². The van der Waals surface area contributed by atoms with Crippen molar-refractivity contribution >= 4 is 23.2 Å². The third-order valence-electron chi connectivity index (χ3n) is 4.00. The van der Waals surface area contributed by atoms with Crippen molar-refractivity contribution in [1.29, 1.82) is 0 Å². The highest BCUT2D eigenvalue weighted by Gasteiger charge is 2.18. The van der Waals surface area contributed by atoms with E-state index in [9.17, 15) is 0 Å². The number of nitrogens with zero attached hydrogens (tertiary/aromatic N) is 5. The second-order valence-corrected chi connectivity index (χ2v) is 6.27. The lowest BCUT2D eigenvalue weighted by Crippen LogP contribution is -2.46. The van der Waals surface area contributed by atoms with E-state index in [1.54, 1.807) is 12.7 Å². The molecule has 0 N–H and O–H groups in total. The summed E-state index contributed by atoms with van der Waals surface area (Å²) in [5, 5.41) is 5.44. The van der Waals surface area contributed by atoms with Crippen LogP contribution in [-0.2, 0) is 13.1 Å². The van der Waals surface area contributed by atoms with E-state index in [4.69, 9.17) is 23.2 Å². The number of piperazine rings is 1. The van der Waals surface area contributed by atoms with E-state index < -0.39 is 0 Å². The summed E-state index contributed by atoms with van der Waals surface area (Å²) in [5.74, 6) is 0. The zero-order valence-corrected chi connectivity index (χ0v) is 13.8. The molecule has 0 atom stereocenters. The Bertz CT molecular complexity index is 594. The summed E-state index contributed by atoms with van der Waals surface area (Å²) >= 11 is 12.3. The van der Waals surface area contributed by atoms with E-state index in [0.717, 1.165) is 51.4 Å². The summed E-state index contributed by atoms with van der Waals surface area (Å²) in [5.41, 5.74) is 1.10. The molecule has 0 amide bonds. The molecule has 0 bridgehead atoms. The highest BCUT2D eigenvalue weighted by molar-refractivity contribution is 6.42. The standard InChI is InChI=1S/C15H19Cl2N5/c16-14-3-1-2-13(15(14)17)10-21-6-4-20(5-7-21)8-9-22-12-18-11-19-22/h1-3,11-12H,4-10H2. The fourth-order valence-corrected chi connectivity index (χ4v) is 3.05. The zero-order valence-electron chi connectivity index (χ0n) is 12.3. The van der Waals surface area contributed by atoms with Gasteiger partial charge in [-0.25, -0.2) is 4.98 Å². The average Bonchev–Trinajstić information content (AvgIpc) is 3.05. The van der Waals surface area contributed by atoms with Gasteiger partial charge in [-0.2, -0.15) is 5.10 Å². The van der Waals surface area contributed by atoms with E-state index >= 15 is 0 Å². The minimum Gasteiger partial charge on any atom is -0.299 e. The molecule has 7 heteroatoms. The quantitative estimate of drug-likeness (QED) is 0.838. The number of hydrogen-bond acceptors (Lipinski definition) is 4. The molecule has 118 valence electrons. The Balaban J connectivity index is 1.46. The van der Waals surface area contributed by atoms with Crippen LogP contribution in [0.3, 0.4) is 0 Å². The molecule has 0 saturated carbocycles. The van der Waals surface area contributed by atoms with Gasteiger partial charge in [0.05, 0.1) is 16.6 Å². The number of aromatic nitrogens is 3. The summed E-state index contributed by atoms with van der Waals surface area (Å²) in [6.45, 7) is 6.96. The smallest absolute Gasteiger partial charge is 0.137 e. The van der Waals surface area contributed by atoms with E-state index in [-0.39, 0.29) is 0 Å². The molecule has 0 unspecified atom stereocenters. The van der Waals surface area contributed by atoms with Gasteiger partial charge in [0.15, 0.2) is 0 Å². The lowest BCUT2D eigenvalue weighted by atomic mass is 10.2. The third kappa shape index (κ3) is 3.98. The lowest BCUT2D eigenvalue weighted by molar-refractivity contribution is 0.123. The van der Waals surface area contributed by atoms with Crippen molar-refractivity contribution in [2.24, 2.45) is 0 Å². The molecule has 0 radical (unpaired) electrons. The van der Waals surface area contributed by atoms with E-state index in [2.05, 4.69) is 19.9 Å². The molecule has 2 aromatic rings. The van der Waals surface area contributed by atoms with Crippen LogP contribution in [0, 0.1) is 0 Å². The van der Waals surface area contributed by atoms with Crippen molar-refractivity contribution in [3.8, 4) is 0 Å². The molecular formula is C15H19Cl2N5. The maximum atomic E-state index is 6.26. The molecule has 1 aliphatic rings. The first-order chi connectivity index (χ1) is 10.7. The molecular weight excluding hydrogens is 321 g/mol. The average molecular weight is 340 g/mol. The fraction of sp³-hybridized carbons (Fsp3) is 0.467. The Morgan fingerprint density at radius 3 is 2.50 bits per heavy atom. The number of benzene rings is 1. The SMILES string of the molecule is Clc1cccc(CN2CCN(CCn3cncn3)CC2)c1Cl. The Morgan fingerprint density at radius 2 is 1.77 bits per heavy atom. The highest BCUT2D eigenvalue weighted by Crippen LogP contribution is 2.26. The second-order valence-electron chi connectivity index (χ2n) is 5.49. The summed E-state index contributed by atoms with van der Waals surface area (Å²) in [6, 6.07) is 5.83. The molecule has 1 aromatic heterocycles. The molecule has 2 heterocycles. The van der Waals surface area contributed by atoms with Crippen molar-refractivity contribution in [2.45, 2.75) is 13.1 Å². The topological polar surface area (TPSA) is 37.2 Å². The van der Waals surface area contributed by atoms with Crippen LogP contribution >= 0.6 is 23.2 Å². The maximum absolute atomic E-state index is 6.26. The van der Waals surface area contributed by atoms with Gasteiger partial charge in [0, 0.05) is 39.3 Å². The molecule has 5 nitrogen and oxygen atoms in total. The van der Waals surface area contributed by atoms with Crippen LogP contribution in [0.4, 0.5) is 0 Å². The van der Waals surface area contributed by atoms with Gasteiger partial charge in [-0.05, 0) is 11.6 Å². The van der Waals surface area contributed by atoms with Crippen LogP contribution < -0.4 is 0 Å².